The number of amides is 1. The molecule has 4 heteroatoms. The second kappa shape index (κ2) is 7.67. The minimum atomic E-state index is 0.150. The van der Waals surface area contributed by atoms with Crippen molar-refractivity contribution in [2.24, 2.45) is 11.7 Å². The van der Waals surface area contributed by atoms with Crippen LogP contribution in [-0.4, -0.2) is 43.0 Å². The maximum Gasteiger partial charge on any atom is 0.234 e. The van der Waals surface area contributed by atoms with Crippen molar-refractivity contribution < 1.29 is 4.79 Å². The molecule has 1 saturated carbocycles. The Balaban J connectivity index is 2.31. The van der Waals surface area contributed by atoms with Gasteiger partial charge in [-0.2, -0.15) is 0 Å². The van der Waals surface area contributed by atoms with Gasteiger partial charge in [0.05, 0.1) is 6.54 Å². The molecule has 0 aromatic rings. The van der Waals surface area contributed by atoms with Crippen LogP contribution < -0.4 is 11.1 Å². The molecule has 4 nitrogen and oxygen atoms in total. The summed E-state index contributed by atoms with van der Waals surface area (Å²) >= 11 is 0. The Labute approximate surface area is 105 Å². The van der Waals surface area contributed by atoms with Crippen LogP contribution in [-0.2, 0) is 4.79 Å². The van der Waals surface area contributed by atoms with Gasteiger partial charge >= 0.3 is 0 Å². The Kier molecular flexibility index (Phi) is 6.52. The lowest BCUT2D eigenvalue weighted by Crippen LogP contribution is -2.45. The molecule has 1 amide bonds. The average molecular weight is 241 g/mol. The number of nitrogens with two attached hydrogens (primary N) is 1. The van der Waals surface area contributed by atoms with Gasteiger partial charge in [0.25, 0.3) is 0 Å². The average Bonchev–Trinajstić information content (AvgIpc) is 3.12. The van der Waals surface area contributed by atoms with Gasteiger partial charge in [-0.05, 0) is 31.6 Å². The van der Waals surface area contributed by atoms with Gasteiger partial charge in [-0.1, -0.05) is 13.8 Å². The summed E-state index contributed by atoms with van der Waals surface area (Å²) < 4.78 is 0. The van der Waals surface area contributed by atoms with E-state index < -0.39 is 0 Å². The van der Waals surface area contributed by atoms with Crippen molar-refractivity contribution >= 4 is 5.91 Å². The normalized spacial score (nSPS) is 15.6. The van der Waals surface area contributed by atoms with E-state index in [2.05, 4.69) is 24.1 Å². The van der Waals surface area contributed by atoms with Crippen molar-refractivity contribution in [3.8, 4) is 0 Å². The molecule has 1 fully saturated rings. The number of carbonyl (C=O) groups excluding carboxylic acids is 1. The van der Waals surface area contributed by atoms with E-state index >= 15 is 0 Å². The lowest BCUT2D eigenvalue weighted by Gasteiger charge is -2.29. The first-order valence-corrected chi connectivity index (χ1v) is 6.92. The van der Waals surface area contributed by atoms with Gasteiger partial charge in [0, 0.05) is 25.7 Å². The summed E-state index contributed by atoms with van der Waals surface area (Å²) in [5, 5.41) is 3.02. The Morgan fingerprint density at radius 3 is 2.53 bits per heavy atom. The van der Waals surface area contributed by atoms with Crippen LogP contribution in [0, 0.1) is 5.92 Å². The van der Waals surface area contributed by atoms with E-state index in [1.807, 2.05) is 0 Å². The van der Waals surface area contributed by atoms with Crippen molar-refractivity contribution in [3.05, 3.63) is 0 Å². The highest BCUT2D eigenvalue weighted by Gasteiger charge is 2.23. The van der Waals surface area contributed by atoms with E-state index in [0.717, 1.165) is 31.8 Å². The van der Waals surface area contributed by atoms with Crippen molar-refractivity contribution in [3.63, 3.8) is 0 Å². The number of carbonyl (C=O) groups is 1. The summed E-state index contributed by atoms with van der Waals surface area (Å²) in [5.41, 5.74) is 5.61. The molecule has 17 heavy (non-hydrogen) atoms. The fourth-order valence-electron chi connectivity index (χ4n) is 2.18. The molecular weight excluding hydrogens is 214 g/mol. The quantitative estimate of drug-likeness (QED) is 0.632. The third kappa shape index (κ3) is 5.50. The van der Waals surface area contributed by atoms with Gasteiger partial charge in [-0.15, -0.1) is 0 Å². The van der Waals surface area contributed by atoms with Crippen LogP contribution in [0.3, 0.4) is 0 Å². The summed E-state index contributed by atoms with van der Waals surface area (Å²) in [6, 6.07) is 0.477. The smallest absolute Gasteiger partial charge is 0.234 e. The number of hydrogen-bond acceptors (Lipinski definition) is 3. The molecule has 1 rings (SSSR count). The summed E-state index contributed by atoms with van der Waals surface area (Å²) in [7, 11) is 0. The SMILES string of the molecule is CCC(CC)N(CCN)CC(=O)NCC1CC1. The molecule has 0 saturated heterocycles. The second-order valence-electron chi connectivity index (χ2n) is 4.98. The summed E-state index contributed by atoms with van der Waals surface area (Å²) in [6.45, 7) is 7.11. The Morgan fingerprint density at radius 2 is 2.06 bits per heavy atom. The Hall–Kier alpha value is -0.610. The molecule has 0 aromatic carbocycles. The topological polar surface area (TPSA) is 58.4 Å². The van der Waals surface area contributed by atoms with Crippen LogP contribution in [0.15, 0.2) is 0 Å². The first kappa shape index (κ1) is 14.5. The molecule has 0 atom stereocenters. The first-order valence-electron chi connectivity index (χ1n) is 6.92. The van der Waals surface area contributed by atoms with Gasteiger partial charge < -0.3 is 11.1 Å². The van der Waals surface area contributed by atoms with E-state index in [9.17, 15) is 4.79 Å². The molecule has 0 heterocycles. The molecule has 100 valence electrons. The zero-order chi connectivity index (χ0) is 12.7. The molecular formula is C13H27N3O. The predicted octanol–water partition coefficient (Wildman–Crippen LogP) is 0.962. The van der Waals surface area contributed by atoms with E-state index in [0.29, 0.717) is 19.1 Å². The van der Waals surface area contributed by atoms with Crippen LogP contribution in [0.1, 0.15) is 39.5 Å². The number of nitrogens with zero attached hydrogens (tertiary/aromatic N) is 1. The van der Waals surface area contributed by atoms with E-state index in [4.69, 9.17) is 5.73 Å². The van der Waals surface area contributed by atoms with E-state index in [-0.39, 0.29) is 5.91 Å². The van der Waals surface area contributed by atoms with Crippen LogP contribution in [0.5, 0.6) is 0 Å². The van der Waals surface area contributed by atoms with Crippen LogP contribution in [0.4, 0.5) is 0 Å². The summed E-state index contributed by atoms with van der Waals surface area (Å²) in [5.74, 6) is 0.896. The molecule has 0 radical (unpaired) electrons. The van der Waals surface area contributed by atoms with Crippen molar-refractivity contribution in [1.82, 2.24) is 10.2 Å². The standard InChI is InChI=1S/C13H27N3O/c1-3-12(4-2)16(8-7-14)10-13(17)15-9-11-5-6-11/h11-12H,3-10,14H2,1-2H3,(H,15,17). The zero-order valence-electron chi connectivity index (χ0n) is 11.2. The maximum absolute atomic E-state index is 11.8. The van der Waals surface area contributed by atoms with Crippen molar-refractivity contribution in [2.45, 2.75) is 45.6 Å². The fraction of sp³-hybridized carbons (Fsp3) is 0.923. The zero-order valence-corrected chi connectivity index (χ0v) is 11.2. The molecule has 0 bridgehead atoms. The Morgan fingerprint density at radius 1 is 1.41 bits per heavy atom. The lowest BCUT2D eigenvalue weighted by molar-refractivity contribution is -0.122. The maximum atomic E-state index is 11.8. The van der Waals surface area contributed by atoms with Crippen LogP contribution in [0.25, 0.3) is 0 Å². The molecule has 0 aromatic heterocycles. The Bertz CT molecular complexity index is 225. The van der Waals surface area contributed by atoms with Gasteiger partial charge in [-0.25, -0.2) is 0 Å². The highest BCUT2D eigenvalue weighted by molar-refractivity contribution is 5.78. The molecule has 0 spiro atoms. The van der Waals surface area contributed by atoms with Gasteiger partial charge in [-0.3, -0.25) is 9.69 Å². The minimum Gasteiger partial charge on any atom is -0.355 e. The highest BCUT2D eigenvalue weighted by Crippen LogP contribution is 2.27. The highest BCUT2D eigenvalue weighted by atomic mass is 16.2. The molecule has 0 unspecified atom stereocenters. The van der Waals surface area contributed by atoms with E-state index in [1.165, 1.54) is 12.8 Å². The summed E-state index contributed by atoms with van der Waals surface area (Å²) in [6.07, 6.45) is 4.71. The number of nitrogens with one attached hydrogen (secondary N) is 1. The first-order chi connectivity index (χ1) is 8.21. The fourth-order valence-corrected chi connectivity index (χ4v) is 2.18. The largest absolute Gasteiger partial charge is 0.355 e. The van der Waals surface area contributed by atoms with Crippen LogP contribution in [0.2, 0.25) is 0 Å². The third-order valence-corrected chi connectivity index (χ3v) is 3.51. The van der Waals surface area contributed by atoms with Crippen LogP contribution >= 0.6 is 0 Å². The molecule has 0 aliphatic heterocycles. The molecule has 1 aliphatic rings. The van der Waals surface area contributed by atoms with E-state index in [1.54, 1.807) is 0 Å². The number of hydrogen-bond donors (Lipinski definition) is 2. The molecule has 1 aliphatic carbocycles. The second-order valence-corrected chi connectivity index (χ2v) is 4.98. The van der Waals surface area contributed by atoms with Gasteiger partial charge in [0.1, 0.15) is 0 Å². The van der Waals surface area contributed by atoms with Gasteiger partial charge in [0.2, 0.25) is 5.91 Å². The predicted molar refractivity (Wildman–Crippen MR) is 70.7 cm³/mol. The lowest BCUT2D eigenvalue weighted by atomic mass is 10.1. The monoisotopic (exact) mass is 241 g/mol. The number of rotatable bonds is 9. The van der Waals surface area contributed by atoms with Gasteiger partial charge in [0.15, 0.2) is 0 Å². The summed E-state index contributed by atoms with van der Waals surface area (Å²) in [4.78, 5) is 14.0. The minimum absolute atomic E-state index is 0.150. The third-order valence-electron chi connectivity index (χ3n) is 3.51. The van der Waals surface area contributed by atoms with Crippen molar-refractivity contribution in [1.29, 1.82) is 0 Å². The van der Waals surface area contributed by atoms with Crippen molar-refractivity contribution in [2.75, 3.05) is 26.2 Å². The molecule has 3 N–H and O–H groups in total.